The number of hydrogen-bond donors (Lipinski definition) is 1. The highest BCUT2D eigenvalue weighted by Crippen LogP contribution is 2.32. The molecule has 1 heterocycles. The van der Waals surface area contributed by atoms with Crippen molar-refractivity contribution in [3.63, 3.8) is 0 Å². The normalized spacial score (nSPS) is 12.4. The second kappa shape index (κ2) is 5.67. The quantitative estimate of drug-likeness (QED) is 0.927. The van der Waals surface area contributed by atoms with Crippen molar-refractivity contribution in [1.29, 1.82) is 0 Å². The van der Waals surface area contributed by atoms with Crippen molar-refractivity contribution in [2.75, 3.05) is 6.61 Å². The second-order valence-corrected chi connectivity index (χ2v) is 5.50. The van der Waals surface area contributed by atoms with Crippen LogP contribution in [0, 0.1) is 0 Å². The molecule has 1 aromatic heterocycles. The molecule has 2 N–H and O–H groups in total. The highest BCUT2D eigenvalue weighted by Gasteiger charge is 2.15. The number of thiophene rings is 1. The van der Waals surface area contributed by atoms with Crippen LogP contribution in [0.4, 0.5) is 0 Å². The molecule has 1 atom stereocenters. The molecule has 0 aliphatic rings. The highest BCUT2D eigenvalue weighted by atomic mass is 79.9. The zero-order valence-electron chi connectivity index (χ0n) is 9.52. The van der Waals surface area contributed by atoms with Crippen molar-refractivity contribution in [3.8, 4) is 5.75 Å². The molecule has 0 saturated carbocycles. The Morgan fingerprint density at radius 2 is 2.24 bits per heavy atom. The summed E-state index contributed by atoms with van der Waals surface area (Å²) in [5.74, 6) is 0.858. The van der Waals surface area contributed by atoms with E-state index in [4.69, 9.17) is 10.5 Å². The van der Waals surface area contributed by atoms with E-state index in [1.807, 2.05) is 42.6 Å². The van der Waals surface area contributed by atoms with E-state index in [0.29, 0.717) is 6.61 Å². The average Bonchev–Trinajstić information content (AvgIpc) is 2.84. The van der Waals surface area contributed by atoms with Gasteiger partial charge in [-0.05, 0) is 36.6 Å². The van der Waals surface area contributed by atoms with Gasteiger partial charge in [0.25, 0.3) is 0 Å². The maximum absolute atomic E-state index is 6.27. The van der Waals surface area contributed by atoms with Crippen LogP contribution in [0.2, 0.25) is 0 Å². The Labute approximate surface area is 114 Å². The molecule has 4 heteroatoms. The third-order valence-corrected chi connectivity index (χ3v) is 3.91. The Hall–Kier alpha value is -0.840. The molecule has 0 saturated heterocycles. The van der Waals surface area contributed by atoms with E-state index < -0.39 is 0 Å². The van der Waals surface area contributed by atoms with Gasteiger partial charge in [-0.3, -0.25) is 0 Å². The maximum atomic E-state index is 6.27. The first-order chi connectivity index (χ1) is 8.22. The number of halogens is 1. The van der Waals surface area contributed by atoms with Crippen molar-refractivity contribution in [2.24, 2.45) is 5.73 Å². The van der Waals surface area contributed by atoms with Crippen molar-refractivity contribution in [2.45, 2.75) is 13.0 Å². The molecule has 0 aliphatic heterocycles. The Bertz CT molecular complexity index is 484. The van der Waals surface area contributed by atoms with Crippen LogP contribution < -0.4 is 10.5 Å². The number of rotatable bonds is 4. The van der Waals surface area contributed by atoms with Gasteiger partial charge in [-0.2, -0.15) is 0 Å². The summed E-state index contributed by atoms with van der Waals surface area (Å²) in [5.41, 5.74) is 7.29. The van der Waals surface area contributed by atoms with E-state index in [0.717, 1.165) is 20.7 Å². The summed E-state index contributed by atoms with van der Waals surface area (Å²) in [4.78, 5) is 1.14. The van der Waals surface area contributed by atoms with E-state index in [1.54, 1.807) is 11.3 Å². The Balaban J connectivity index is 2.38. The first kappa shape index (κ1) is 12.6. The SMILES string of the molecule is CCOc1ccc(Br)cc1C(N)c1cccs1. The third kappa shape index (κ3) is 2.89. The van der Waals surface area contributed by atoms with Crippen molar-refractivity contribution in [3.05, 3.63) is 50.6 Å². The summed E-state index contributed by atoms with van der Waals surface area (Å²) in [7, 11) is 0. The van der Waals surface area contributed by atoms with Gasteiger partial charge in [-0.15, -0.1) is 11.3 Å². The molecular formula is C13H14BrNOS. The Morgan fingerprint density at radius 1 is 1.41 bits per heavy atom. The molecule has 0 spiro atoms. The van der Waals surface area contributed by atoms with Gasteiger partial charge in [0.2, 0.25) is 0 Å². The third-order valence-electron chi connectivity index (χ3n) is 2.46. The molecule has 0 fully saturated rings. The van der Waals surface area contributed by atoms with E-state index in [1.165, 1.54) is 0 Å². The van der Waals surface area contributed by atoms with Gasteiger partial charge < -0.3 is 10.5 Å². The zero-order valence-corrected chi connectivity index (χ0v) is 11.9. The average molecular weight is 312 g/mol. The molecule has 90 valence electrons. The van der Waals surface area contributed by atoms with Crippen LogP contribution in [-0.2, 0) is 0 Å². The van der Waals surface area contributed by atoms with Crippen molar-refractivity contribution >= 4 is 27.3 Å². The molecule has 0 radical (unpaired) electrons. The van der Waals surface area contributed by atoms with Crippen molar-refractivity contribution in [1.82, 2.24) is 0 Å². The monoisotopic (exact) mass is 311 g/mol. The van der Waals surface area contributed by atoms with Gasteiger partial charge in [0.1, 0.15) is 5.75 Å². The standard InChI is InChI=1S/C13H14BrNOS/c1-2-16-11-6-5-9(14)8-10(11)13(15)12-4-3-7-17-12/h3-8,13H,2,15H2,1H3. The lowest BCUT2D eigenvalue weighted by molar-refractivity contribution is 0.335. The maximum Gasteiger partial charge on any atom is 0.124 e. The first-order valence-corrected chi connectivity index (χ1v) is 7.11. The van der Waals surface area contributed by atoms with E-state index >= 15 is 0 Å². The van der Waals surface area contributed by atoms with Crippen molar-refractivity contribution < 1.29 is 4.74 Å². The fraction of sp³-hybridized carbons (Fsp3) is 0.231. The summed E-state index contributed by atoms with van der Waals surface area (Å²) >= 11 is 5.13. The van der Waals surface area contributed by atoms with Gasteiger partial charge in [0.15, 0.2) is 0 Å². The summed E-state index contributed by atoms with van der Waals surface area (Å²) in [6.07, 6.45) is 0. The van der Waals surface area contributed by atoms with Crippen LogP contribution in [0.5, 0.6) is 5.75 Å². The number of nitrogens with two attached hydrogens (primary N) is 1. The molecule has 0 bridgehead atoms. The fourth-order valence-corrected chi connectivity index (χ4v) is 2.79. The lowest BCUT2D eigenvalue weighted by atomic mass is 10.1. The minimum absolute atomic E-state index is 0.131. The number of hydrogen-bond acceptors (Lipinski definition) is 3. The molecule has 2 nitrogen and oxygen atoms in total. The van der Waals surface area contributed by atoms with Crippen LogP contribution >= 0.6 is 27.3 Å². The highest BCUT2D eigenvalue weighted by molar-refractivity contribution is 9.10. The largest absolute Gasteiger partial charge is 0.494 e. The van der Waals surface area contributed by atoms with Gasteiger partial charge in [0.05, 0.1) is 12.6 Å². The fourth-order valence-electron chi connectivity index (χ4n) is 1.67. The lowest BCUT2D eigenvalue weighted by Crippen LogP contribution is -2.12. The van der Waals surface area contributed by atoms with E-state index in [-0.39, 0.29) is 6.04 Å². The smallest absolute Gasteiger partial charge is 0.124 e. The predicted octanol–water partition coefficient (Wildman–Crippen LogP) is 3.96. The number of benzene rings is 1. The summed E-state index contributed by atoms with van der Waals surface area (Å²) in [6.45, 7) is 2.62. The minimum atomic E-state index is -0.131. The predicted molar refractivity (Wildman–Crippen MR) is 75.7 cm³/mol. The first-order valence-electron chi connectivity index (χ1n) is 5.43. The molecule has 17 heavy (non-hydrogen) atoms. The van der Waals surface area contributed by atoms with E-state index in [9.17, 15) is 0 Å². The second-order valence-electron chi connectivity index (χ2n) is 3.61. The molecule has 0 aliphatic carbocycles. The molecular weight excluding hydrogens is 298 g/mol. The van der Waals surface area contributed by atoms with Gasteiger partial charge in [0, 0.05) is 14.9 Å². The van der Waals surface area contributed by atoms with Crippen LogP contribution in [0.1, 0.15) is 23.4 Å². The molecule has 2 aromatic rings. The molecule has 2 rings (SSSR count). The molecule has 0 amide bonds. The van der Waals surface area contributed by atoms with Crippen LogP contribution in [0.15, 0.2) is 40.2 Å². The van der Waals surface area contributed by atoms with Crippen LogP contribution in [0.3, 0.4) is 0 Å². The Kier molecular flexibility index (Phi) is 4.20. The van der Waals surface area contributed by atoms with Gasteiger partial charge in [-0.25, -0.2) is 0 Å². The Morgan fingerprint density at radius 3 is 2.88 bits per heavy atom. The minimum Gasteiger partial charge on any atom is -0.494 e. The topological polar surface area (TPSA) is 35.2 Å². The number of ether oxygens (including phenoxy) is 1. The van der Waals surface area contributed by atoms with Gasteiger partial charge in [-0.1, -0.05) is 22.0 Å². The van der Waals surface area contributed by atoms with Gasteiger partial charge >= 0.3 is 0 Å². The summed E-state index contributed by atoms with van der Waals surface area (Å²) in [5, 5.41) is 2.04. The molecule has 1 aromatic carbocycles. The van der Waals surface area contributed by atoms with Crippen LogP contribution in [-0.4, -0.2) is 6.61 Å². The van der Waals surface area contributed by atoms with E-state index in [2.05, 4.69) is 15.9 Å². The molecule has 1 unspecified atom stereocenters. The summed E-state index contributed by atoms with van der Waals surface area (Å²) in [6, 6.07) is 9.88. The lowest BCUT2D eigenvalue weighted by Gasteiger charge is -2.15. The zero-order chi connectivity index (χ0) is 12.3. The summed E-state index contributed by atoms with van der Waals surface area (Å²) < 4.78 is 6.63. The van der Waals surface area contributed by atoms with Crippen LogP contribution in [0.25, 0.3) is 0 Å².